The normalized spacial score (nSPS) is 13.1. The summed E-state index contributed by atoms with van der Waals surface area (Å²) < 4.78 is 6.62. The van der Waals surface area contributed by atoms with Crippen molar-refractivity contribution < 1.29 is 4.42 Å². The molecule has 0 fully saturated rings. The molecule has 0 saturated heterocycles. The fourth-order valence-electron chi connectivity index (χ4n) is 9.23. The van der Waals surface area contributed by atoms with E-state index in [1.54, 1.807) is 0 Å². The number of hydrogen-bond donors (Lipinski definition) is 0. The third-order valence-corrected chi connectivity index (χ3v) is 11.8. The second kappa shape index (κ2) is 12.1. The lowest BCUT2D eigenvalue weighted by atomic mass is 9.81. The highest BCUT2D eigenvalue weighted by Crippen LogP contribution is 2.54. The van der Waals surface area contributed by atoms with Gasteiger partial charge >= 0.3 is 0 Å². The predicted molar refractivity (Wildman–Crippen MR) is 232 cm³/mol. The molecule has 0 spiro atoms. The van der Waals surface area contributed by atoms with Crippen LogP contribution in [0.25, 0.3) is 76.9 Å². The average molecular weight is 704 g/mol. The van der Waals surface area contributed by atoms with E-state index in [-0.39, 0.29) is 5.41 Å². The topological polar surface area (TPSA) is 16.4 Å². The second-order valence-electron chi connectivity index (χ2n) is 15.3. The zero-order chi connectivity index (χ0) is 36.7. The molecule has 1 heterocycles. The first-order valence-electron chi connectivity index (χ1n) is 19.1. The molecule has 0 atom stereocenters. The zero-order valence-electron chi connectivity index (χ0n) is 30.8. The Bertz CT molecular complexity index is 3150. The highest BCUT2D eigenvalue weighted by molar-refractivity contribution is 6.19. The Kier molecular flexibility index (Phi) is 6.93. The van der Waals surface area contributed by atoms with Gasteiger partial charge in [0, 0.05) is 32.9 Å². The maximum Gasteiger partial charge on any atom is 0.143 e. The van der Waals surface area contributed by atoms with Crippen LogP contribution in [0.15, 0.2) is 192 Å². The van der Waals surface area contributed by atoms with Gasteiger partial charge in [-0.15, -0.1) is 0 Å². The fraction of sp³-hybridized carbons (Fsp3) is 0.0566. The van der Waals surface area contributed by atoms with Crippen molar-refractivity contribution in [2.45, 2.75) is 19.3 Å². The molecule has 10 aromatic rings. The van der Waals surface area contributed by atoms with Gasteiger partial charge in [0.15, 0.2) is 0 Å². The van der Waals surface area contributed by atoms with Crippen LogP contribution in [-0.4, -0.2) is 0 Å². The van der Waals surface area contributed by atoms with Crippen molar-refractivity contribution in [1.82, 2.24) is 0 Å². The quantitative estimate of drug-likeness (QED) is 0.177. The van der Waals surface area contributed by atoms with E-state index < -0.39 is 0 Å². The molecule has 2 nitrogen and oxygen atoms in total. The standard InChI is InChI=1S/C53H37NO/c1-53(2)47-24-8-7-21-44(47)45-23-11-25-48(51(45)53)54(40-18-9-16-37(32-40)38-28-27-34-13-3-4-15-36(34)31-38)41-19-10-17-39(33-41)42-22-12-26-49-50(42)46-30-29-35-14-5-6-20-43(35)52(46)55-49/h3-33H,1-2H3. The molecule has 2 heteroatoms. The van der Waals surface area contributed by atoms with Crippen LogP contribution in [-0.2, 0) is 5.41 Å². The number of rotatable bonds is 5. The van der Waals surface area contributed by atoms with E-state index in [0.29, 0.717) is 0 Å². The van der Waals surface area contributed by atoms with Gasteiger partial charge < -0.3 is 9.32 Å². The van der Waals surface area contributed by atoms with E-state index in [9.17, 15) is 0 Å². The summed E-state index contributed by atoms with van der Waals surface area (Å²) in [7, 11) is 0. The first kappa shape index (κ1) is 31.6. The van der Waals surface area contributed by atoms with E-state index in [2.05, 4.69) is 207 Å². The van der Waals surface area contributed by atoms with E-state index in [1.807, 2.05) is 0 Å². The number of furan rings is 1. The summed E-state index contributed by atoms with van der Waals surface area (Å²) >= 11 is 0. The molecule has 11 rings (SSSR count). The number of anilines is 3. The first-order valence-corrected chi connectivity index (χ1v) is 19.1. The van der Waals surface area contributed by atoms with Crippen molar-refractivity contribution in [3.63, 3.8) is 0 Å². The van der Waals surface area contributed by atoms with Crippen LogP contribution in [0.4, 0.5) is 17.1 Å². The van der Waals surface area contributed by atoms with E-state index in [4.69, 9.17) is 4.42 Å². The molecule has 0 N–H and O–H groups in total. The summed E-state index contributed by atoms with van der Waals surface area (Å²) in [4.78, 5) is 2.47. The first-order chi connectivity index (χ1) is 27.0. The Morgan fingerprint density at radius 3 is 1.95 bits per heavy atom. The van der Waals surface area contributed by atoms with Crippen LogP contribution >= 0.6 is 0 Å². The van der Waals surface area contributed by atoms with Crippen molar-refractivity contribution in [1.29, 1.82) is 0 Å². The highest BCUT2D eigenvalue weighted by atomic mass is 16.3. The monoisotopic (exact) mass is 703 g/mol. The molecule has 260 valence electrons. The van der Waals surface area contributed by atoms with Gasteiger partial charge in [0.25, 0.3) is 0 Å². The van der Waals surface area contributed by atoms with Gasteiger partial charge in [-0.25, -0.2) is 0 Å². The second-order valence-corrected chi connectivity index (χ2v) is 15.3. The maximum absolute atomic E-state index is 6.62. The fourth-order valence-corrected chi connectivity index (χ4v) is 9.23. The minimum atomic E-state index is -0.196. The van der Waals surface area contributed by atoms with Crippen molar-refractivity contribution >= 4 is 60.5 Å². The summed E-state index contributed by atoms with van der Waals surface area (Å²) in [5, 5.41) is 7.08. The minimum absolute atomic E-state index is 0.196. The Balaban J connectivity index is 1.13. The summed E-state index contributed by atoms with van der Waals surface area (Å²) in [5.41, 5.74) is 15.0. The van der Waals surface area contributed by atoms with Crippen molar-refractivity contribution in [2.24, 2.45) is 0 Å². The molecular weight excluding hydrogens is 667 g/mol. The van der Waals surface area contributed by atoms with Gasteiger partial charge in [0.1, 0.15) is 11.2 Å². The van der Waals surface area contributed by atoms with Crippen LogP contribution in [0.3, 0.4) is 0 Å². The lowest BCUT2D eigenvalue weighted by molar-refractivity contribution is 0.661. The molecule has 55 heavy (non-hydrogen) atoms. The summed E-state index contributed by atoms with van der Waals surface area (Å²) in [5.74, 6) is 0. The molecule has 1 aromatic heterocycles. The molecule has 1 aliphatic carbocycles. The average Bonchev–Trinajstić information content (AvgIpc) is 3.74. The molecule has 0 saturated carbocycles. The smallest absolute Gasteiger partial charge is 0.143 e. The lowest BCUT2D eigenvalue weighted by Gasteiger charge is -2.32. The van der Waals surface area contributed by atoms with E-state index in [0.717, 1.165) is 49.8 Å². The number of hydrogen-bond acceptors (Lipinski definition) is 2. The van der Waals surface area contributed by atoms with Crippen LogP contribution in [0.5, 0.6) is 0 Å². The van der Waals surface area contributed by atoms with Crippen LogP contribution in [0.1, 0.15) is 25.0 Å². The summed E-state index contributed by atoms with van der Waals surface area (Å²) in [6.45, 7) is 4.74. The minimum Gasteiger partial charge on any atom is -0.455 e. The SMILES string of the molecule is CC1(C)c2ccccc2-c2cccc(N(c3cccc(-c4ccc5ccccc5c4)c3)c3cccc(-c4cccc5oc6c7ccccc7ccc6c45)c3)c21. The molecular formula is C53H37NO. The Morgan fingerprint density at radius 1 is 0.436 bits per heavy atom. The molecule has 9 aromatic carbocycles. The van der Waals surface area contributed by atoms with Gasteiger partial charge in [-0.05, 0) is 109 Å². The van der Waals surface area contributed by atoms with Crippen molar-refractivity contribution in [3.05, 3.63) is 199 Å². The molecule has 0 unspecified atom stereocenters. The number of benzene rings is 9. The van der Waals surface area contributed by atoms with Gasteiger partial charge in [0.05, 0.1) is 5.69 Å². The largest absolute Gasteiger partial charge is 0.455 e. The van der Waals surface area contributed by atoms with Gasteiger partial charge in [-0.2, -0.15) is 0 Å². The third kappa shape index (κ3) is 4.88. The van der Waals surface area contributed by atoms with Gasteiger partial charge in [0.2, 0.25) is 0 Å². The Hall–Kier alpha value is -6.90. The Morgan fingerprint density at radius 2 is 1.07 bits per heavy atom. The predicted octanol–water partition coefficient (Wildman–Crippen LogP) is 15.0. The Labute approximate surface area is 320 Å². The van der Waals surface area contributed by atoms with Crippen LogP contribution in [0.2, 0.25) is 0 Å². The van der Waals surface area contributed by atoms with Crippen LogP contribution < -0.4 is 4.90 Å². The van der Waals surface area contributed by atoms with Crippen LogP contribution in [0, 0.1) is 0 Å². The highest BCUT2D eigenvalue weighted by Gasteiger charge is 2.38. The summed E-state index contributed by atoms with van der Waals surface area (Å²) in [6, 6.07) is 68.5. The van der Waals surface area contributed by atoms with Gasteiger partial charge in [-0.3, -0.25) is 0 Å². The third-order valence-electron chi connectivity index (χ3n) is 11.8. The molecule has 1 aliphatic rings. The maximum atomic E-state index is 6.62. The van der Waals surface area contributed by atoms with Crippen molar-refractivity contribution in [2.75, 3.05) is 4.90 Å². The molecule has 0 bridgehead atoms. The lowest BCUT2D eigenvalue weighted by Crippen LogP contribution is -2.20. The number of fused-ring (bicyclic) bond motifs is 9. The molecule has 0 amide bonds. The zero-order valence-corrected chi connectivity index (χ0v) is 30.8. The summed E-state index contributed by atoms with van der Waals surface area (Å²) in [6.07, 6.45) is 0. The number of nitrogens with zero attached hydrogens (tertiary/aromatic N) is 1. The van der Waals surface area contributed by atoms with E-state index >= 15 is 0 Å². The van der Waals surface area contributed by atoms with Gasteiger partial charge in [-0.1, -0.05) is 153 Å². The molecule has 0 radical (unpaired) electrons. The molecule has 0 aliphatic heterocycles. The van der Waals surface area contributed by atoms with Crippen molar-refractivity contribution in [3.8, 4) is 33.4 Å². The van der Waals surface area contributed by atoms with E-state index in [1.165, 1.54) is 55.2 Å².